The molecule has 0 aliphatic heterocycles. The van der Waals surface area contributed by atoms with E-state index in [1.165, 1.54) is 12.1 Å². The van der Waals surface area contributed by atoms with Gasteiger partial charge in [-0.05, 0) is 31.0 Å². The molecule has 1 aromatic rings. The molecule has 0 saturated carbocycles. The zero-order valence-electron chi connectivity index (χ0n) is 10.6. The Morgan fingerprint density at radius 1 is 1.32 bits per heavy atom. The number of allylic oxidation sites excluding steroid dienone is 1. The summed E-state index contributed by atoms with van der Waals surface area (Å²) in [5, 5.41) is 9.27. The van der Waals surface area contributed by atoms with Crippen LogP contribution in [-0.4, -0.2) is 23.5 Å². The summed E-state index contributed by atoms with van der Waals surface area (Å²) in [5.74, 6) is -2.35. The summed E-state index contributed by atoms with van der Waals surface area (Å²) in [6.07, 6.45) is 1.38. The molecule has 0 spiro atoms. The number of benzene rings is 1. The van der Waals surface area contributed by atoms with Crippen molar-refractivity contribution in [3.05, 3.63) is 47.5 Å². The Kier molecular flexibility index (Phi) is 5.73. The second-order valence-electron chi connectivity index (χ2n) is 3.84. The van der Waals surface area contributed by atoms with Crippen LogP contribution in [0.3, 0.4) is 0 Å². The number of rotatable bonds is 6. The third-order valence-corrected chi connectivity index (χ3v) is 2.36. The van der Waals surface area contributed by atoms with E-state index in [1.807, 2.05) is 0 Å². The maximum atomic E-state index is 12.7. The highest BCUT2D eigenvalue weighted by molar-refractivity contribution is 5.97. The number of hydrogen-bond acceptors (Lipinski definition) is 4. The van der Waals surface area contributed by atoms with Crippen LogP contribution in [0.2, 0.25) is 0 Å². The van der Waals surface area contributed by atoms with Crippen molar-refractivity contribution in [2.75, 3.05) is 6.61 Å². The molecule has 1 rings (SSSR count). The Hall–Kier alpha value is -2.17. The second-order valence-corrected chi connectivity index (χ2v) is 3.84. The van der Waals surface area contributed by atoms with E-state index in [1.54, 1.807) is 19.1 Å². The van der Waals surface area contributed by atoms with Gasteiger partial charge in [0.15, 0.2) is 5.78 Å². The minimum absolute atomic E-state index is 0.120. The molecule has 0 unspecified atom stereocenters. The van der Waals surface area contributed by atoms with Gasteiger partial charge in [0.1, 0.15) is 5.82 Å². The van der Waals surface area contributed by atoms with E-state index in [4.69, 9.17) is 0 Å². The van der Waals surface area contributed by atoms with Crippen LogP contribution in [-0.2, 0) is 20.7 Å². The molecule has 0 radical (unpaired) electrons. The molecule has 1 N–H and O–H groups in total. The zero-order valence-corrected chi connectivity index (χ0v) is 10.6. The number of ketones is 1. The third kappa shape index (κ3) is 5.33. The van der Waals surface area contributed by atoms with Crippen molar-refractivity contribution >= 4 is 11.8 Å². The maximum absolute atomic E-state index is 12.7. The van der Waals surface area contributed by atoms with Gasteiger partial charge in [-0.1, -0.05) is 12.1 Å². The van der Waals surface area contributed by atoms with Crippen LogP contribution in [0.1, 0.15) is 18.9 Å². The molecular weight excluding hydrogens is 251 g/mol. The lowest BCUT2D eigenvalue weighted by Crippen LogP contribution is -2.09. The van der Waals surface area contributed by atoms with E-state index in [0.717, 1.165) is 11.6 Å². The van der Waals surface area contributed by atoms with Crippen LogP contribution in [0.4, 0.5) is 4.39 Å². The number of aliphatic hydroxyl groups is 1. The van der Waals surface area contributed by atoms with Crippen LogP contribution in [0.15, 0.2) is 36.1 Å². The van der Waals surface area contributed by atoms with Crippen molar-refractivity contribution in [3.63, 3.8) is 0 Å². The number of carbonyl (C=O) groups excluding carboxylic acids is 2. The standard InChI is InChI=1S/C14H15FO4/c1-2-19-14(18)13(17)9-12(16)8-5-10-3-6-11(15)7-4-10/h3-4,6-7,9,17H,2,5,8H2,1H3/b13-9-. The minimum atomic E-state index is -0.919. The Bertz CT molecular complexity index is 477. The maximum Gasteiger partial charge on any atom is 0.373 e. The van der Waals surface area contributed by atoms with E-state index in [9.17, 15) is 19.1 Å². The van der Waals surface area contributed by atoms with Crippen molar-refractivity contribution < 1.29 is 23.8 Å². The van der Waals surface area contributed by atoms with Gasteiger partial charge in [0.25, 0.3) is 0 Å². The highest BCUT2D eigenvalue weighted by atomic mass is 19.1. The molecule has 0 bridgehead atoms. The van der Waals surface area contributed by atoms with E-state index < -0.39 is 17.5 Å². The Morgan fingerprint density at radius 3 is 2.53 bits per heavy atom. The van der Waals surface area contributed by atoms with E-state index in [0.29, 0.717) is 6.42 Å². The SMILES string of the molecule is CCOC(=O)/C(O)=C/C(=O)CCc1ccc(F)cc1. The number of halogens is 1. The smallest absolute Gasteiger partial charge is 0.373 e. The normalized spacial score (nSPS) is 11.2. The fraction of sp³-hybridized carbons (Fsp3) is 0.286. The molecule has 19 heavy (non-hydrogen) atoms. The molecule has 0 heterocycles. The predicted molar refractivity (Wildman–Crippen MR) is 67.1 cm³/mol. The Labute approximate surface area is 110 Å². The molecule has 102 valence electrons. The fourth-order valence-electron chi connectivity index (χ4n) is 1.41. The topological polar surface area (TPSA) is 63.6 Å². The summed E-state index contributed by atoms with van der Waals surface area (Å²) in [4.78, 5) is 22.5. The number of esters is 1. The second kappa shape index (κ2) is 7.31. The molecular formula is C14H15FO4. The number of aryl methyl sites for hydroxylation is 1. The zero-order chi connectivity index (χ0) is 14.3. The molecule has 0 saturated heterocycles. The fourth-order valence-corrected chi connectivity index (χ4v) is 1.41. The molecule has 0 aromatic heterocycles. The first-order valence-electron chi connectivity index (χ1n) is 5.88. The predicted octanol–water partition coefficient (Wildman–Crippen LogP) is 2.33. The van der Waals surface area contributed by atoms with Crippen molar-refractivity contribution in [1.29, 1.82) is 0 Å². The number of carbonyl (C=O) groups is 2. The summed E-state index contributed by atoms with van der Waals surface area (Å²) in [6, 6.07) is 5.78. The monoisotopic (exact) mass is 266 g/mol. The van der Waals surface area contributed by atoms with Crippen molar-refractivity contribution in [2.24, 2.45) is 0 Å². The Morgan fingerprint density at radius 2 is 1.95 bits per heavy atom. The molecule has 1 aromatic carbocycles. The van der Waals surface area contributed by atoms with E-state index in [-0.39, 0.29) is 18.8 Å². The first-order chi connectivity index (χ1) is 9.02. The summed E-state index contributed by atoms with van der Waals surface area (Å²) < 4.78 is 17.2. The van der Waals surface area contributed by atoms with Gasteiger partial charge >= 0.3 is 5.97 Å². The van der Waals surface area contributed by atoms with Gasteiger partial charge in [-0.25, -0.2) is 9.18 Å². The van der Waals surface area contributed by atoms with Crippen molar-refractivity contribution in [1.82, 2.24) is 0 Å². The lowest BCUT2D eigenvalue weighted by atomic mass is 10.1. The van der Waals surface area contributed by atoms with Gasteiger partial charge in [0, 0.05) is 12.5 Å². The Balaban J connectivity index is 2.49. The van der Waals surface area contributed by atoms with E-state index in [2.05, 4.69) is 4.74 Å². The number of ether oxygens (including phenoxy) is 1. The molecule has 0 atom stereocenters. The van der Waals surface area contributed by atoms with Crippen molar-refractivity contribution in [2.45, 2.75) is 19.8 Å². The molecule has 4 nitrogen and oxygen atoms in total. The summed E-state index contributed by atoms with van der Waals surface area (Å²) in [7, 11) is 0. The third-order valence-electron chi connectivity index (χ3n) is 2.36. The molecule has 0 aliphatic rings. The van der Waals surface area contributed by atoms with E-state index >= 15 is 0 Å². The van der Waals surface area contributed by atoms with Gasteiger partial charge in [-0.2, -0.15) is 0 Å². The van der Waals surface area contributed by atoms with Gasteiger partial charge < -0.3 is 9.84 Å². The largest absolute Gasteiger partial charge is 0.502 e. The van der Waals surface area contributed by atoms with Gasteiger partial charge in [0.05, 0.1) is 6.61 Å². The van der Waals surface area contributed by atoms with Crippen LogP contribution >= 0.6 is 0 Å². The van der Waals surface area contributed by atoms with Crippen LogP contribution < -0.4 is 0 Å². The average molecular weight is 266 g/mol. The van der Waals surface area contributed by atoms with Crippen molar-refractivity contribution in [3.8, 4) is 0 Å². The molecule has 0 aliphatic carbocycles. The average Bonchev–Trinajstić information content (AvgIpc) is 2.38. The van der Waals surface area contributed by atoms with Crippen LogP contribution in [0.5, 0.6) is 0 Å². The van der Waals surface area contributed by atoms with Gasteiger partial charge in [0.2, 0.25) is 5.76 Å². The molecule has 0 fully saturated rings. The van der Waals surface area contributed by atoms with Crippen LogP contribution in [0, 0.1) is 5.82 Å². The highest BCUT2D eigenvalue weighted by Crippen LogP contribution is 2.06. The lowest BCUT2D eigenvalue weighted by Gasteiger charge is -2.01. The van der Waals surface area contributed by atoms with Crippen LogP contribution in [0.25, 0.3) is 0 Å². The minimum Gasteiger partial charge on any atom is -0.502 e. The quantitative estimate of drug-likeness (QED) is 0.487. The first kappa shape index (κ1) is 14.9. The number of hydrogen-bond donors (Lipinski definition) is 1. The first-order valence-corrected chi connectivity index (χ1v) is 5.88. The summed E-state index contributed by atoms with van der Waals surface area (Å²) in [6.45, 7) is 1.72. The highest BCUT2D eigenvalue weighted by Gasteiger charge is 2.10. The summed E-state index contributed by atoms with van der Waals surface area (Å²) in [5.41, 5.74) is 0.804. The van der Waals surface area contributed by atoms with Gasteiger partial charge in [-0.15, -0.1) is 0 Å². The lowest BCUT2D eigenvalue weighted by molar-refractivity contribution is -0.141. The number of aliphatic hydroxyl groups excluding tert-OH is 1. The summed E-state index contributed by atoms with van der Waals surface area (Å²) >= 11 is 0. The molecule has 5 heteroatoms. The van der Waals surface area contributed by atoms with Gasteiger partial charge in [-0.3, -0.25) is 4.79 Å². The molecule has 0 amide bonds.